The van der Waals surface area contributed by atoms with Crippen molar-refractivity contribution in [2.45, 2.75) is 34.1 Å². The Kier molecular flexibility index (Phi) is 5.34. The standard InChI is InChI=1S/C17H24O2/c1-13(2)14(3)11-17(4,5)12-19-16(18)15-9-7-6-8-10-15/h6-10,13H,3,11-12H2,1-2,4-5H3. The number of hydrogen-bond acceptors (Lipinski definition) is 2. The Labute approximate surface area is 116 Å². The number of carbonyl (C=O) groups excluding carboxylic acids is 1. The summed E-state index contributed by atoms with van der Waals surface area (Å²) in [5.74, 6) is 0.202. The van der Waals surface area contributed by atoms with Gasteiger partial charge in [0.15, 0.2) is 0 Å². The van der Waals surface area contributed by atoms with Gasteiger partial charge in [-0.2, -0.15) is 0 Å². The smallest absolute Gasteiger partial charge is 0.338 e. The summed E-state index contributed by atoms with van der Waals surface area (Å²) in [7, 11) is 0. The number of rotatable bonds is 6. The quantitative estimate of drug-likeness (QED) is 0.557. The average Bonchev–Trinajstić information content (AvgIpc) is 2.36. The first-order valence-corrected chi connectivity index (χ1v) is 6.72. The van der Waals surface area contributed by atoms with E-state index in [-0.39, 0.29) is 11.4 Å². The van der Waals surface area contributed by atoms with E-state index < -0.39 is 0 Å². The molecule has 2 heteroatoms. The first-order valence-electron chi connectivity index (χ1n) is 6.72. The van der Waals surface area contributed by atoms with Crippen molar-refractivity contribution in [1.29, 1.82) is 0 Å². The molecule has 0 unspecified atom stereocenters. The molecule has 104 valence electrons. The molecule has 0 heterocycles. The van der Waals surface area contributed by atoms with Gasteiger partial charge in [0.05, 0.1) is 12.2 Å². The molecule has 0 radical (unpaired) electrons. The number of benzene rings is 1. The molecule has 2 nitrogen and oxygen atoms in total. The van der Waals surface area contributed by atoms with E-state index in [0.717, 1.165) is 6.42 Å². The zero-order valence-electron chi connectivity index (χ0n) is 12.4. The molecular formula is C17H24O2. The fourth-order valence-electron chi connectivity index (χ4n) is 1.79. The molecule has 0 atom stereocenters. The third kappa shape index (κ3) is 5.29. The molecule has 0 spiro atoms. The highest BCUT2D eigenvalue weighted by molar-refractivity contribution is 5.89. The van der Waals surface area contributed by atoms with Gasteiger partial charge in [-0.25, -0.2) is 4.79 Å². The monoisotopic (exact) mass is 260 g/mol. The zero-order chi connectivity index (χ0) is 14.5. The third-order valence-corrected chi connectivity index (χ3v) is 3.13. The van der Waals surface area contributed by atoms with E-state index >= 15 is 0 Å². The van der Waals surface area contributed by atoms with E-state index in [1.165, 1.54) is 5.57 Å². The van der Waals surface area contributed by atoms with Crippen molar-refractivity contribution >= 4 is 5.97 Å². The number of hydrogen-bond donors (Lipinski definition) is 0. The van der Waals surface area contributed by atoms with E-state index in [0.29, 0.717) is 18.1 Å². The first kappa shape index (κ1) is 15.5. The van der Waals surface area contributed by atoms with Gasteiger partial charge in [0.25, 0.3) is 0 Å². The summed E-state index contributed by atoms with van der Waals surface area (Å²) in [6, 6.07) is 9.09. The summed E-state index contributed by atoms with van der Waals surface area (Å²) in [6.45, 7) is 13.0. The average molecular weight is 260 g/mol. The normalized spacial score (nSPS) is 11.4. The van der Waals surface area contributed by atoms with Crippen LogP contribution in [0.4, 0.5) is 0 Å². The van der Waals surface area contributed by atoms with Gasteiger partial charge in [-0.05, 0) is 24.5 Å². The molecule has 19 heavy (non-hydrogen) atoms. The van der Waals surface area contributed by atoms with E-state index in [9.17, 15) is 4.79 Å². The first-order chi connectivity index (χ1) is 8.82. The largest absolute Gasteiger partial charge is 0.462 e. The second-order valence-electron chi connectivity index (χ2n) is 6.10. The van der Waals surface area contributed by atoms with Crippen LogP contribution < -0.4 is 0 Å². The molecule has 0 aromatic heterocycles. The fraction of sp³-hybridized carbons (Fsp3) is 0.471. The van der Waals surface area contributed by atoms with Crippen molar-refractivity contribution in [1.82, 2.24) is 0 Å². The predicted octanol–water partition coefficient (Wildman–Crippen LogP) is 4.47. The van der Waals surface area contributed by atoms with E-state index in [1.54, 1.807) is 12.1 Å². The van der Waals surface area contributed by atoms with Crippen LogP contribution in [0.15, 0.2) is 42.5 Å². The highest BCUT2D eigenvalue weighted by atomic mass is 16.5. The Balaban J connectivity index is 2.51. The number of esters is 1. The fourth-order valence-corrected chi connectivity index (χ4v) is 1.79. The number of ether oxygens (including phenoxy) is 1. The van der Waals surface area contributed by atoms with Crippen molar-refractivity contribution in [3.05, 3.63) is 48.0 Å². The number of allylic oxidation sites excluding steroid dienone is 1. The molecule has 0 aliphatic heterocycles. The molecular weight excluding hydrogens is 236 g/mol. The van der Waals surface area contributed by atoms with Gasteiger partial charge in [0.2, 0.25) is 0 Å². The minimum atomic E-state index is -0.260. The Morgan fingerprint density at radius 2 is 1.84 bits per heavy atom. The summed E-state index contributed by atoms with van der Waals surface area (Å²) in [5, 5.41) is 0. The van der Waals surface area contributed by atoms with Crippen molar-refractivity contribution in [3.8, 4) is 0 Å². The van der Waals surface area contributed by atoms with Gasteiger partial charge in [-0.1, -0.05) is 58.0 Å². The van der Waals surface area contributed by atoms with Crippen LogP contribution in [0.5, 0.6) is 0 Å². The van der Waals surface area contributed by atoms with Gasteiger partial charge in [0.1, 0.15) is 0 Å². The van der Waals surface area contributed by atoms with Crippen LogP contribution in [0.2, 0.25) is 0 Å². The highest BCUT2D eigenvalue weighted by Gasteiger charge is 2.22. The summed E-state index contributed by atoms with van der Waals surface area (Å²) >= 11 is 0. The van der Waals surface area contributed by atoms with Crippen LogP contribution in [0.25, 0.3) is 0 Å². The van der Waals surface area contributed by atoms with E-state index in [1.807, 2.05) is 18.2 Å². The van der Waals surface area contributed by atoms with Crippen LogP contribution in [-0.2, 0) is 4.74 Å². The minimum Gasteiger partial charge on any atom is -0.462 e. The lowest BCUT2D eigenvalue weighted by atomic mass is 9.83. The Bertz CT molecular complexity index is 430. The molecule has 0 fully saturated rings. The minimum absolute atomic E-state index is 0.0776. The number of carbonyl (C=O) groups is 1. The van der Waals surface area contributed by atoms with Crippen LogP contribution in [-0.4, -0.2) is 12.6 Å². The van der Waals surface area contributed by atoms with Gasteiger partial charge < -0.3 is 4.74 Å². The lowest BCUT2D eigenvalue weighted by Gasteiger charge is -2.26. The zero-order valence-corrected chi connectivity index (χ0v) is 12.4. The van der Waals surface area contributed by atoms with Gasteiger partial charge >= 0.3 is 5.97 Å². The molecule has 1 rings (SSSR count). The second kappa shape index (κ2) is 6.55. The molecule has 1 aromatic carbocycles. The van der Waals surface area contributed by atoms with Gasteiger partial charge in [0, 0.05) is 5.41 Å². The van der Waals surface area contributed by atoms with Gasteiger partial charge in [-0.15, -0.1) is 0 Å². The molecule has 1 aromatic rings. The maximum absolute atomic E-state index is 11.9. The van der Waals surface area contributed by atoms with Gasteiger partial charge in [-0.3, -0.25) is 0 Å². The summed E-state index contributed by atoms with van der Waals surface area (Å²) in [6.07, 6.45) is 0.868. The molecule has 0 bridgehead atoms. The summed E-state index contributed by atoms with van der Waals surface area (Å²) in [5.41, 5.74) is 1.72. The predicted molar refractivity (Wildman–Crippen MR) is 79.1 cm³/mol. The van der Waals surface area contributed by atoms with Crippen LogP contribution in [0, 0.1) is 11.3 Å². The summed E-state index contributed by atoms with van der Waals surface area (Å²) in [4.78, 5) is 11.9. The van der Waals surface area contributed by atoms with Crippen molar-refractivity contribution in [2.24, 2.45) is 11.3 Å². The topological polar surface area (TPSA) is 26.3 Å². The second-order valence-corrected chi connectivity index (χ2v) is 6.10. The Morgan fingerprint density at radius 1 is 1.26 bits per heavy atom. The lowest BCUT2D eigenvalue weighted by Crippen LogP contribution is -2.23. The lowest BCUT2D eigenvalue weighted by molar-refractivity contribution is 0.0339. The van der Waals surface area contributed by atoms with E-state index in [2.05, 4.69) is 34.3 Å². The maximum Gasteiger partial charge on any atom is 0.338 e. The Hall–Kier alpha value is -1.57. The Morgan fingerprint density at radius 3 is 2.37 bits per heavy atom. The van der Waals surface area contributed by atoms with Crippen LogP contribution >= 0.6 is 0 Å². The maximum atomic E-state index is 11.9. The summed E-state index contributed by atoms with van der Waals surface area (Å²) < 4.78 is 5.39. The molecule has 0 saturated heterocycles. The van der Waals surface area contributed by atoms with E-state index in [4.69, 9.17) is 4.74 Å². The molecule has 0 saturated carbocycles. The SMILES string of the molecule is C=C(CC(C)(C)COC(=O)c1ccccc1)C(C)C. The van der Waals surface area contributed by atoms with Crippen LogP contribution in [0.1, 0.15) is 44.5 Å². The van der Waals surface area contributed by atoms with Crippen molar-refractivity contribution < 1.29 is 9.53 Å². The molecule has 0 amide bonds. The third-order valence-electron chi connectivity index (χ3n) is 3.13. The highest BCUT2D eigenvalue weighted by Crippen LogP contribution is 2.28. The molecule has 0 aliphatic carbocycles. The van der Waals surface area contributed by atoms with Crippen molar-refractivity contribution in [2.75, 3.05) is 6.61 Å². The van der Waals surface area contributed by atoms with Crippen molar-refractivity contribution in [3.63, 3.8) is 0 Å². The molecule has 0 aliphatic rings. The molecule has 0 N–H and O–H groups in total. The van der Waals surface area contributed by atoms with Crippen LogP contribution in [0.3, 0.4) is 0 Å².